The SMILES string of the molecule is CCCC(CN)C(=O)Nc1nc(Cl)c2[nH]cnc2n1. The van der Waals surface area contributed by atoms with Crippen LogP contribution in [0.3, 0.4) is 0 Å². The van der Waals surface area contributed by atoms with Crippen molar-refractivity contribution in [1.82, 2.24) is 19.9 Å². The molecule has 0 aliphatic rings. The third kappa shape index (κ3) is 2.99. The smallest absolute Gasteiger partial charge is 0.233 e. The number of nitrogens with one attached hydrogen (secondary N) is 2. The maximum atomic E-state index is 12.0. The number of fused-ring (bicyclic) bond motifs is 1. The second-order valence-corrected chi connectivity index (χ2v) is 4.51. The Morgan fingerprint density at radius 1 is 1.58 bits per heavy atom. The van der Waals surface area contributed by atoms with E-state index in [0.29, 0.717) is 11.2 Å². The van der Waals surface area contributed by atoms with Crippen LogP contribution in [-0.4, -0.2) is 32.4 Å². The number of hydrogen-bond donors (Lipinski definition) is 3. The van der Waals surface area contributed by atoms with Gasteiger partial charge in [0, 0.05) is 6.54 Å². The van der Waals surface area contributed by atoms with Crippen molar-refractivity contribution in [3.63, 3.8) is 0 Å². The topological polar surface area (TPSA) is 110 Å². The van der Waals surface area contributed by atoms with Crippen molar-refractivity contribution in [2.45, 2.75) is 19.8 Å². The molecule has 1 unspecified atom stereocenters. The van der Waals surface area contributed by atoms with Crippen molar-refractivity contribution in [2.24, 2.45) is 11.7 Å². The zero-order valence-electron chi connectivity index (χ0n) is 10.5. The van der Waals surface area contributed by atoms with E-state index < -0.39 is 0 Å². The van der Waals surface area contributed by atoms with Gasteiger partial charge in [-0.2, -0.15) is 9.97 Å². The van der Waals surface area contributed by atoms with Gasteiger partial charge in [0.2, 0.25) is 11.9 Å². The third-order valence-electron chi connectivity index (χ3n) is 2.77. The van der Waals surface area contributed by atoms with Crippen LogP contribution in [-0.2, 0) is 4.79 Å². The molecule has 0 radical (unpaired) electrons. The fraction of sp³-hybridized carbons (Fsp3) is 0.455. The molecule has 0 bridgehead atoms. The minimum atomic E-state index is -0.248. The van der Waals surface area contributed by atoms with Crippen molar-refractivity contribution in [1.29, 1.82) is 0 Å². The molecule has 0 aromatic carbocycles. The van der Waals surface area contributed by atoms with Crippen molar-refractivity contribution >= 4 is 34.6 Å². The number of amides is 1. The summed E-state index contributed by atoms with van der Waals surface area (Å²) in [5.41, 5.74) is 6.53. The minimum absolute atomic E-state index is 0.143. The standard InChI is InChI=1S/C11H15ClN6O/c1-2-3-6(4-13)10(19)18-11-16-8(12)7-9(17-11)15-5-14-7/h5-6H,2-4,13H2,1H3,(H2,14,15,16,17,18,19). The van der Waals surface area contributed by atoms with E-state index in [0.717, 1.165) is 12.8 Å². The summed E-state index contributed by atoms with van der Waals surface area (Å²) in [6, 6.07) is 0. The molecular weight excluding hydrogens is 268 g/mol. The van der Waals surface area contributed by atoms with E-state index in [9.17, 15) is 4.79 Å². The number of hydrogen-bond acceptors (Lipinski definition) is 5. The zero-order chi connectivity index (χ0) is 13.8. The Morgan fingerprint density at radius 3 is 3.05 bits per heavy atom. The molecule has 2 heterocycles. The Morgan fingerprint density at radius 2 is 2.37 bits per heavy atom. The highest BCUT2D eigenvalue weighted by atomic mass is 35.5. The van der Waals surface area contributed by atoms with Gasteiger partial charge in [-0.15, -0.1) is 0 Å². The van der Waals surface area contributed by atoms with E-state index in [1.165, 1.54) is 6.33 Å². The average Bonchev–Trinajstić information content (AvgIpc) is 2.84. The molecule has 2 rings (SSSR count). The van der Waals surface area contributed by atoms with Crippen LogP contribution in [0.4, 0.5) is 5.95 Å². The monoisotopic (exact) mass is 282 g/mol. The number of rotatable bonds is 5. The molecule has 0 aliphatic carbocycles. The van der Waals surface area contributed by atoms with Crippen molar-refractivity contribution in [3.8, 4) is 0 Å². The van der Waals surface area contributed by atoms with Crippen LogP contribution in [0, 0.1) is 5.92 Å². The Hall–Kier alpha value is -1.73. The van der Waals surface area contributed by atoms with Gasteiger partial charge in [-0.25, -0.2) is 4.98 Å². The molecule has 0 saturated carbocycles. The van der Waals surface area contributed by atoms with E-state index in [1.54, 1.807) is 0 Å². The third-order valence-corrected chi connectivity index (χ3v) is 3.04. The molecule has 102 valence electrons. The molecule has 7 nitrogen and oxygen atoms in total. The van der Waals surface area contributed by atoms with Gasteiger partial charge in [-0.05, 0) is 6.42 Å². The van der Waals surface area contributed by atoms with Gasteiger partial charge in [-0.1, -0.05) is 24.9 Å². The summed E-state index contributed by atoms with van der Waals surface area (Å²) in [7, 11) is 0. The number of nitrogens with two attached hydrogens (primary N) is 1. The number of imidazole rings is 1. The molecule has 0 aliphatic heterocycles. The normalized spacial score (nSPS) is 12.6. The number of carbonyl (C=O) groups excluding carboxylic acids is 1. The molecule has 2 aromatic rings. The Kier molecular flexibility index (Phi) is 4.28. The highest BCUT2D eigenvalue weighted by molar-refractivity contribution is 6.33. The second kappa shape index (κ2) is 5.94. The van der Waals surface area contributed by atoms with Crippen LogP contribution < -0.4 is 11.1 Å². The lowest BCUT2D eigenvalue weighted by atomic mass is 10.0. The lowest BCUT2D eigenvalue weighted by Gasteiger charge is -2.12. The van der Waals surface area contributed by atoms with Crippen LogP contribution >= 0.6 is 11.6 Å². The molecule has 2 aromatic heterocycles. The summed E-state index contributed by atoms with van der Waals surface area (Å²) in [6.45, 7) is 2.29. The fourth-order valence-electron chi connectivity index (χ4n) is 1.77. The highest BCUT2D eigenvalue weighted by Gasteiger charge is 2.18. The number of halogens is 1. The largest absolute Gasteiger partial charge is 0.341 e. The Balaban J connectivity index is 2.18. The maximum absolute atomic E-state index is 12.0. The lowest BCUT2D eigenvalue weighted by Crippen LogP contribution is -2.29. The van der Waals surface area contributed by atoms with Gasteiger partial charge in [0.25, 0.3) is 0 Å². The first-order valence-electron chi connectivity index (χ1n) is 6.03. The number of aromatic amines is 1. The van der Waals surface area contributed by atoms with E-state index >= 15 is 0 Å². The first kappa shape index (κ1) is 13.7. The molecular formula is C11H15ClN6O. The number of anilines is 1. The summed E-state index contributed by atoms with van der Waals surface area (Å²) >= 11 is 5.96. The summed E-state index contributed by atoms with van der Waals surface area (Å²) < 4.78 is 0. The zero-order valence-corrected chi connectivity index (χ0v) is 11.2. The number of nitrogens with zero attached hydrogens (tertiary/aromatic N) is 3. The van der Waals surface area contributed by atoms with Crippen LogP contribution in [0.5, 0.6) is 0 Å². The molecule has 1 amide bonds. The number of H-pyrrole nitrogens is 1. The number of aromatic nitrogens is 4. The first-order chi connectivity index (χ1) is 9.15. The van der Waals surface area contributed by atoms with Gasteiger partial charge in [-0.3, -0.25) is 10.1 Å². The summed E-state index contributed by atoms with van der Waals surface area (Å²) in [5.74, 6) is -0.304. The lowest BCUT2D eigenvalue weighted by molar-refractivity contribution is -0.119. The molecule has 4 N–H and O–H groups in total. The highest BCUT2D eigenvalue weighted by Crippen LogP contribution is 2.18. The van der Waals surface area contributed by atoms with Gasteiger partial charge < -0.3 is 10.7 Å². The molecule has 19 heavy (non-hydrogen) atoms. The van der Waals surface area contributed by atoms with E-state index in [4.69, 9.17) is 17.3 Å². The van der Waals surface area contributed by atoms with Gasteiger partial charge >= 0.3 is 0 Å². The average molecular weight is 283 g/mol. The van der Waals surface area contributed by atoms with Crippen LogP contribution in [0.25, 0.3) is 11.2 Å². The van der Waals surface area contributed by atoms with Crippen molar-refractivity contribution in [2.75, 3.05) is 11.9 Å². The van der Waals surface area contributed by atoms with Crippen LogP contribution in [0.1, 0.15) is 19.8 Å². The molecule has 0 spiro atoms. The molecule has 0 fully saturated rings. The van der Waals surface area contributed by atoms with E-state index in [2.05, 4.69) is 25.3 Å². The molecule has 0 saturated heterocycles. The first-order valence-corrected chi connectivity index (χ1v) is 6.41. The molecule has 1 atom stereocenters. The quantitative estimate of drug-likeness (QED) is 0.717. The van der Waals surface area contributed by atoms with E-state index in [1.807, 2.05) is 6.92 Å². The van der Waals surface area contributed by atoms with Gasteiger partial charge in [0.15, 0.2) is 10.8 Å². The van der Waals surface area contributed by atoms with E-state index in [-0.39, 0.29) is 29.5 Å². The van der Waals surface area contributed by atoms with Crippen molar-refractivity contribution in [3.05, 3.63) is 11.5 Å². The molecule has 8 heteroatoms. The van der Waals surface area contributed by atoms with Crippen LogP contribution in [0.15, 0.2) is 6.33 Å². The predicted molar refractivity (Wildman–Crippen MR) is 72.8 cm³/mol. The fourth-order valence-corrected chi connectivity index (χ4v) is 1.99. The Bertz CT molecular complexity index is 584. The maximum Gasteiger partial charge on any atom is 0.233 e. The summed E-state index contributed by atoms with van der Waals surface area (Å²) in [6.07, 6.45) is 3.08. The second-order valence-electron chi connectivity index (χ2n) is 4.15. The number of carbonyl (C=O) groups is 1. The summed E-state index contributed by atoms with van der Waals surface area (Å²) in [4.78, 5) is 26.9. The van der Waals surface area contributed by atoms with Gasteiger partial charge in [0.1, 0.15) is 5.52 Å². The predicted octanol–water partition coefficient (Wildman–Crippen LogP) is 1.32. The van der Waals surface area contributed by atoms with Gasteiger partial charge in [0.05, 0.1) is 12.2 Å². The van der Waals surface area contributed by atoms with Crippen molar-refractivity contribution < 1.29 is 4.79 Å². The minimum Gasteiger partial charge on any atom is -0.341 e. The Labute approximate surface area is 115 Å². The summed E-state index contributed by atoms with van der Waals surface area (Å²) in [5, 5.41) is 2.84. The van der Waals surface area contributed by atoms with Crippen LogP contribution in [0.2, 0.25) is 5.15 Å².